The van der Waals surface area contributed by atoms with E-state index in [2.05, 4.69) is 22.5 Å². The summed E-state index contributed by atoms with van der Waals surface area (Å²) in [6.07, 6.45) is 2.62. The van der Waals surface area contributed by atoms with Crippen LogP contribution in [-0.2, 0) is 4.79 Å². The number of amides is 1. The molecule has 0 aromatic heterocycles. The van der Waals surface area contributed by atoms with Crippen molar-refractivity contribution in [3.8, 4) is 0 Å². The Hall–Kier alpha value is -0.610. The molecule has 1 amide bonds. The first-order valence-corrected chi connectivity index (χ1v) is 7.09. The molecule has 0 radical (unpaired) electrons. The molecule has 2 N–H and O–H groups in total. The van der Waals surface area contributed by atoms with Crippen LogP contribution in [0.1, 0.15) is 47.5 Å². The number of nitrogens with zero attached hydrogens (tertiary/aromatic N) is 1. The van der Waals surface area contributed by atoms with E-state index in [-0.39, 0.29) is 17.5 Å². The fraction of sp³-hybridized carbons (Fsp3) is 0.929. The van der Waals surface area contributed by atoms with Crippen LogP contribution in [0.25, 0.3) is 0 Å². The Morgan fingerprint density at radius 3 is 2.28 bits per heavy atom. The van der Waals surface area contributed by atoms with Gasteiger partial charge in [0.1, 0.15) is 0 Å². The smallest absolute Gasteiger partial charge is 0.237 e. The molecule has 0 bridgehead atoms. The fourth-order valence-electron chi connectivity index (χ4n) is 2.23. The molecule has 18 heavy (non-hydrogen) atoms. The first-order valence-electron chi connectivity index (χ1n) is 7.09. The quantitative estimate of drug-likeness (QED) is 0.780. The third-order valence-electron chi connectivity index (χ3n) is 3.37. The second kappa shape index (κ2) is 6.53. The van der Waals surface area contributed by atoms with E-state index in [4.69, 9.17) is 0 Å². The highest BCUT2D eigenvalue weighted by Gasteiger charge is 2.21. The number of rotatable bonds is 5. The summed E-state index contributed by atoms with van der Waals surface area (Å²) in [5.74, 6) is 0.0797. The summed E-state index contributed by atoms with van der Waals surface area (Å²) in [6, 6.07) is 0.381. The Labute approximate surface area is 111 Å². The molecule has 1 aliphatic heterocycles. The summed E-state index contributed by atoms with van der Waals surface area (Å²) in [7, 11) is 0. The van der Waals surface area contributed by atoms with E-state index in [9.17, 15) is 4.79 Å². The van der Waals surface area contributed by atoms with Gasteiger partial charge in [-0.1, -0.05) is 0 Å². The minimum atomic E-state index is -0.159. The fourth-order valence-corrected chi connectivity index (χ4v) is 2.23. The number of likely N-dealkylation sites (tertiary alicyclic amines) is 1. The van der Waals surface area contributed by atoms with E-state index in [1.165, 1.54) is 25.9 Å². The van der Waals surface area contributed by atoms with Crippen LogP contribution in [0.5, 0.6) is 0 Å². The summed E-state index contributed by atoms with van der Waals surface area (Å²) >= 11 is 0. The highest BCUT2D eigenvalue weighted by atomic mass is 16.2. The van der Waals surface area contributed by atoms with E-state index < -0.39 is 0 Å². The zero-order valence-corrected chi connectivity index (χ0v) is 12.5. The van der Waals surface area contributed by atoms with Gasteiger partial charge in [-0.2, -0.15) is 0 Å². The topological polar surface area (TPSA) is 44.4 Å². The molecule has 1 heterocycles. The predicted molar refractivity (Wildman–Crippen MR) is 75.6 cm³/mol. The first kappa shape index (κ1) is 15.4. The summed E-state index contributed by atoms with van der Waals surface area (Å²) in [4.78, 5) is 14.4. The highest BCUT2D eigenvalue weighted by molar-refractivity contribution is 5.81. The van der Waals surface area contributed by atoms with Crippen LogP contribution >= 0.6 is 0 Å². The van der Waals surface area contributed by atoms with Crippen molar-refractivity contribution in [1.29, 1.82) is 0 Å². The summed E-state index contributed by atoms with van der Waals surface area (Å²) in [5, 5.41) is 6.33. The van der Waals surface area contributed by atoms with Gasteiger partial charge in [-0.15, -0.1) is 0 Å². The van der Waals surface area contributed by atoms with E-state index in [0.717, 1.165) is 6.54 Å². The van der Waals surface area contributed by atoms with Crippen LogP contribution in [0.4, 0.5) is 0 Å². The standard InChI is InChI=1S/C14H29N3O/c1-11(17-8-6-7-9-17)10-15-12(2)13(18)16-14(3,4)5/h11-12,15H,6-10H2,1-5H3,(H,16,18). The zero-order chi connectivity index (χ0) is 13.8. The minimum absolute atomic E-state index is 0.0797. The maximum absolute atomic E-state index is 11.9. The molecule has 4 nitrogen and oxygen atoms in total. The van der Waals surface area contributed by atoms with Gasteiger partial charge in [0.2, 0.25) is 5.91 Å². The Balaban J connectivity index is 2.27. The molecule has 0 saturated carbocycles. The summed E-state index contributed by atoms with van der Waals surface area (Å²) in [6.45, 7) is 13.4. The normalized spacial score (nSPS) is 20.7. The Bertz CT molecular complexity index is 267. The van der Waals surface area contributed by atoms with Crippen molar-refractivity contribution in [2.75, 3.05) is 19.6 Å². The number of hydrogen-bond acceptors (Lipinski definition) is 3. The van der Waals surface area contributed by atoms with E-state index in [0.29, 0.717) is 6.04 Å². The zero-order valence-electron chi connectivity index (χ0n) is 12.5. The lowest BCUT2D eigenvalue weighted by Gasteiger charge is -2.27. The molecular weight excluding hydrogens is 226 g/mol. The van der Waals surface area contributed by atoms with Gasteiger partial charge in [-0.25, -0.2) is 0 Å². The van der Waals surface area contributed by atoms with Gasteiger partial charge >= 0.3 is 0 Å². The third kappa shape index (κ3) is 5.36. The van der Waals surface area contributed by atoms with E-state index >= 15 is 0 Å². The molecule has 1 rings (SSSR count). The number of carbonyl (C=O) groups excluding carboxylic acids is 1. The Kier molecular flexibility index (Phi) is 5.60. The van der Waals surface area contributed by atoms with Crippen LogP contribution in [0.2, 0.25) is 0 Å². The Morgan fingerprint density at radius 2 is 1.78 bits per heavy atom. The molecule has 1 saturated heterocycles. The van der Waals surface area contributed by atoms with Crippen molar-refractivity contribution in [2.24, 2.45) is 0 Å². The molecule has 106 valence electrons. The van der Waals surface area contributed by atoms with Gasteiger partial charge < -0.3 is 10.6 Å². The Morgan fingerprint density at radius 1 is 1.22 bits per heavy atom. The van der Waals surface area contributed by atoms with Gasteiger partial charge in [0.15, 0.2) is 0 Å². The van der Waals surface area contributed by atoms with Crippen molar-refractivity contribution < 1.29 is 4.79 Å². The molecular formula is C14H29N3O. The van der Waals surface area contributed by atoms with Crippen molar-refractivity contribution in [3.63, 3.8) is 0 Å². The van der Waals surface area contributed by atoms with Crippen LogP contribution in [-0.4, -0.2) is 48.1 Å². The lowest BCUT2D eigenvalue weighted by Crippen LogP contribution is -2.51. The highest BCUT2D eigenvalue weighted by Crippen LogP contribution is 2.10. The van der Waals surface area contributed by atoms with Crippen LogP contribution < -0.4 is 10.6 Å². The van der Waals surface area contributed by atoms with Crippen molar-refractivity contribution in [3.05, 3.63) is 0 Å². The van der Waals surface area contributed by atoms with Crippen molar-refractivity contribution >= 4 is 5.91 Å². The van der Waals surface area contributed by atoms with Crippen LogP contribution in [0, 0.1) is 0 Å². The van der Waals surface area contributed by atoms with Gasteiger partial charge in [0.25, 0.3) is 0 Å². The van der Waals surface area contributed by atoms with Crippen molar-refractivity contribution in [1.82, 2.24) is 15.5 Å². The molecule has 0 aromatic carbocycles. The maximum Gasteiger partial charge on any atom is 0.237 e. The van der Waals surface area contributed by atoms with Crippen LogP contribution in [0.15, 0.2) is 0 Å². The molecule has 1 fully saturated rings. The lowest BCUT2D eigenvalue weighted by atomic mass is 10.1. The molecule has 1 aliphatic rings. The maximum atomic E-state index is 11.9. The number of carbonyl (C=O) groups is 1. The predicted octanol–water partition coefficient (Wildman–Crippen LogP) is 1.36. The molecule has 0 aromatic rings. The van der Waals surface area contributed by atoms with Crippen molar-refractivity contribution in [2.45, 2.75) is 65.1 Å². The average molecular weight is 255 g/mol. The van der Waals surface area contributed by atoms with Gasteiger partial charge in [-0.3, -0.25) is 9.69 Å². The largest absolute Gasteiger partial charge is 0.350 e. The van der Waals surface area contributed by atoms with E-state index in [1.807, 2.05) is 27.7 Å². The molecule has 2 atom stereocenters. The first-order chi connectivity index (χ1) is 8.29. The third-order valence-corrected chi connectivity index (χ3v) is 3.37. The number of nitrogens with one attached hydrogen (secondary N) is 2. The van der Waals surface area contributed by atoms with Gasteiger partial charge in [0, 0.05) is 18.1 Å². The number of hydrogen-bond donors (Lipinski definition) is 2. The molecule has 0 aliphatic carbocycles. The summed E-state index contributed by atoms with van der Waals surface area (Å²) in [5.41, 5.74) is -0.159. The SMILES string of the molecule is CC(NCC(C)N1CCCC1)C(=O)NC(C)(C)C. The van der Waals surface area contributed by atoms with Gasteiger partial charge in [0.05, 0.1) is 6.04 Å². The average Bonchev–Trinajstić information content (AvgIpc) is 2.76. The van der Waals surface area contributed by atoms with Crippen LogP contribution in [0.3, 0.4) is 0 Å². The molecule has 0 spiro atoms. The second-order valence-electron chi connectivity index (χ2n) is 6.46. The molecule has 2 unspecified atom stereocenters. The monoisotopic (exact) mass is 255 g/mol. The molecule has 4 heteroatoms. The summed E-state index contributed by atoms with van der Waals surface area (Å²) < 4.78 is 0. The minimum Gasteiger partial charge on any atom is -0.350 e. The second-order valence-corrected chi connectivity index (χ2v) is 6.46. The lowest BCUT2D eigenvalue weighted by molar-refractivity contribution is -0.124. The van der Waals surface area contributed by atoms with Gasteiger partial charge in [-0.05, 0) is 60.5 Å². The van der Waals surface area contributed by atoms with E-state index in [1.54, 1.807) is 0 Å².